The molecule has 1 unspecified atom stereocenters. The van der Waals surface area contributed by atoms with Crippen LogP contribution in [0.15, 0.2) is 18.2 Å². The Morgan fingerprint density at radius 3 is 2.53 bits per heavy atom. The number of nitrogens with two attached hydrogens (primary N) is 1. The van der Waals surface area contributed by atoms with E-state index in [1.807, 2.05) is 0 Å². The quantitative estimate of drug-likeness (QED) is 0.760. The van der Waals surface area contributed by atoms with Crippen molar-refractivity contribution in [2.24, 2.45) is 5.73 Å². The summed E-state index contributed by atoms with van der Waals surface area (Å²) >= 11 is 0. The Kier molecular flexibility index (Phi) is 6.93. The van der Waals surface area contributed by atoms with Crippen molar-refractivity contribution in [1.82, 2.24) is 0 Å². The highest BCUT2D eigenvalue weighted by Crippen LogP contribution is 2.28. The normalized spacial score (nSPS) is 12.7. The van der Waals surface area contributed by atoms with Crippen LogP contribution in [0, 0.1) is 0 Å². The predicted octanol–water partition coefficient (Wildman–Crippen LogP) is 4.27. The minimum Gasteiger partial charge on any atom is -0.493 e. The molecule has 0 aliphatic rings. The van der Waals surface area contributed by atoms with E-state index in [-0.39, 0.29) is 0 Å². The van der Waals surface area contributed by atoms with Gasteiger partial charge in [-0.3, -0.25) is 0 Å². The summed E-state index contributed by atoms with van der Waals surface area (Å²) in [6, 6.07) is 6.93. The Morgan fingerprint density at radius 1 is 1.21 bits per heavy atom. The zero-order valence-electron chi connectivity index (χ0n) is 12.9. The largest absolute Gasteiger partial charge is 0.493 e. The van der Waals surface area contributed by atoms with Crippen molar-refractivity contribution in [3.63, 3.8) is 0 Å². The summed E-state index contributed by atoms with van der Waals surface area (Å²) in [6.45, 7) is 9.45. The van der Waals surface area contributed by atoms with Gasteiger partial charge in [-0.05, 0) is 55.7 Å². The van der Waals surface area contributed by atoms with Gasteiger partial charge in [-0.1, -0.05) is 32.9 Å². The number of hydrogen-bond acceptors (Lipinski definition) is 2. The minimum absolute atomic E-state index is 0.303. The van der Waals surface area contributed by atoms with E-state index in [4.69, 9.17) is 10.5 Å². The molecule has 0 spiro atoms. The van der Waals surface area contributed by atoms with Gasteiger partial charge in [-0.2, -0.15) is 0 Å². The molecule has 1 atom stereocenters. The molecule has 2 nitrogen and oxygen atoms in total. The van der Waals surface area contributed by atoms with Crippen molar-refractivity contribution in [3.8, 4) is 5.75 Å². The lowest BCUT2D eigenvalue weighted by atomic mass is 9.97. The molecule has 2 N–H and O–H groups in total. The number of benzene rings is 1. The van der Waals surface area contributed by atoms with Gasteiger partial charge in [-0.25, -0.2) is 0 Å². The molecule has 0 amide bonds. The predicted molar refractivity (Wildman–Crippen MR) is 82.9 cm³/mol. The van der Waals surface area contributed by atoms with Crippen LogP contribution in [0.4, 0.5) is 0 Å². The first-order valence-corrected chi connectivity index (χ1v) is 7.55. The molecule has 0 saturated carbocycles. The van der Waals surface area contributed by atoms with E-state index in [1.54, 1.807) is 0 Å². The summed E-state index contributed by atoms with van der Waals surface area (Å²) in [6.07, 6.45) is 4.40. The number of aryl methyl sites for hydroxylation is 1. The molecule has 2 heteroatoms. The summed E-state index contributed by atoms with van der Waals surface area (Å²) in [7, 11) is 0. The van der Waals surface area contributed by atoms with Crippen molar-refractivity contribution >= 4 is 0 Å². The lowest BCUT2D eigenvalue weighted by molar-refractivity contribution is 0.313. The van der Waals surface area contributed by atoms with Crippen LogP contribution in [0.3, 0.4) is 0 Å². The number of ether oxygens (including phenoxy) is 1. The molecule has 1 aromatic rings. The number of hydrogen-bond donors (Lipinski definition) is 1. The molecular weight excluding hydrogens is 234 g/mol. The topological polar surface area (TPSA) is 35.2 Å². The SMILES string of the molecule is CCCOc1ccc(CCCC(C)N)cc1C(C)C. The Bertz CT molecular complexity index is 372. The third kappa shape index (κ3) is 5.65. The van der Waals surface area contributed by atoms with Crippen LogP contribution in [0.5, 0.6) is 5.75 Å². The first kappa shape index (κ1) is 16.0. The smallest absolute Gasteiger partial charge is 0.122 e. The first-order chi connectivity index (χ1) is 9.04. The average Bonchev–Trinajstić information content (AvgIpc) is 2.36. The molecule has 19 heavy (non-hydrogen) atoms. The Labute approximate surface area is 118 Å². The highest BCUT2D eigenvalue weighted by atomic mass is 16.5. The third-order valence-corrected chi connectivity index (χ3v) is 3.28. The minimum atomic E-state index is 0.303. The first-order valence-electron chi connectivity index (χ1n) is 7.55. The summed E-state index contributed by atoms with van der Waals surface area (Å²) in [5.74, 6) is 1.55. The van der Waals surface area contributed by atoms with E-state index in [1.165, 1.54) is 11.1 Å². The molecule has 1 rings (SSSR count). The van der Waals surface area contributed by atoms with E-state index in [0.717, 1.165) is 38.0 Å². The van der Waals surface area contributed by atoms with Gasteiger partial charge in [0.1, 0.15) is 5.75 Å². The van der Waals surface area contributed by atoms with E-state index < -0.39 is 0 Å². The second-order valence-electron chi connectivity index (χ2n) is 5.74. The van der Waals surface area contributed by atoms with E-state index in [2.05, 4.69) is 45.9 Å². The molecular formula is C17H29NO. The van der Waals surface area contributed by atoms with Gasteiger partial charge in [-0.15, -0.1) is 0 Å². The molecule has 1 aromatic carbocycles. The molecule has 0 fully saturated rings. The maximum absolute atomic E-state index is 5.83. The van der Waals surface area contributed by atoms with Crippen LogP contribution in [0.2, 0.25) is 0 Å². The maximum atomic E-state index is 5.83. The van der Waals surface area contributed by atoms with Crippen LogP contribution in [0.25, 0.3) is 0 Å². The fourth-order valence-electron chi connectivity index (χ4n) is 2.18. The molecule has 0 aliphatic heterocycles. The van der Waals surface area contributed by atoms with Crippen LogP contribution in [-0.2, 0) is 6.42 Å². The molecule has 0 heterocycles. The van der Waals surface area contributed by atoms with Crippen LogP contribution in [0.1, 0.15) is 64.0 Å². The summed E-state index contributed by atoms with van der Waals surface area (Å²) in [5.41, 5.74) is 8.52. The molecule has 0 radical (unpaired) electrons. The fraction of sp³-hybridized carbons (Fsp3) is 0.647. The highest BCUT2D eigenvalue weighted by Gasteiger charge is 2.09. The third-order valence-electron chi connectivity index (χ3n) is 3.28. The zero-order chi connectivity index (χ0) is 14.3. The summed E-state index contributed by atoms with van der Waals surface area (Å²) in [4.78, 5) is 0. The van der Waals surface area contributed by atoms with Gasteiger partial charge < -0.3 is 10.5 Å². The van der Waals surface area contributed by atoms with Crippen molar-refractivity contribution in [1.29, 1.82) is 0 Å². The lowest BCUT2D eigenvalue weighted by Gasteiger charge is -2.15. The average molecular weight is 263 g/mol. The molecule has 0 aliphatic carbocycles. The monoisotopic (exact) mass is 263 g/mol. The van der Waals surface area contributed by atoms with Crippen LogP contribution in [-0.4, -0.2) is 12.6 Å². The standard InChI is InChI=1S/C17H29NO/c1-5-11-19-17-10-9-15(8-6-7-14(4)18)12-16(17)13(2)3/h9-10,12-14H,5-8,11,18H2,1-4H3. The van der Waals surface area contributed by atoms with Crippen LogP contribution >= 0.6 is 0 Å². The second-order valence-corrected chi connectivity index (χ2v) is 5.74. The fourth-order valence-corrected chi connectivity index (χ4v) is 2.18. The van der Waals surface area contributed by atoms with Crippen molar-refractivity contribution in [2.75, 3.05) is 6.61 Å². The van der Waals surface area contributed by atoms with Crippen molar-refractivity contribution in [3.05, 3.63) is 29.3 Å². The van der Waals surface area contributed by atoms with Gasteiger partial charge in [0.15, 0.2) is 0 Å². The van der Waals surface area contributed by atoms with Crippen molar-refractivity contribution in [2.45, 2.75) is 65.3 Å². The molecule has 0 bridgehead atoms. The van der Waals surface area contributed by atoms with Crippen LogP contribution < -0.4 is 10.5 Å². The molecule has 108 valence electrons. The van der Waals surface area contributed by atoms with E-state index in [0.29, 0.717) is 12.0 Å². The Balaban J connectivity index is 2.72. The van der Waals surface area contributed by atoms with Gasteiger partial charge >= 0.3 is 0 Å². The van der Waals surface area contributed by atoms with Gasteiger partial charge in [0.2, 0.25) is 0 Å². The Hall–Kier alpha value is -1.02. The van der Waals surface area contributed by atoms with Gasteiger partial charge in [0.25, 0.3) is 0 Å². The zero-order valence-corrected chi connectivity index (χ0v) is 12.9. The molecule has 0 saturated heterocycles. The van der Waals surface area contributed by atoms with E-state index in [9.17, 15) is 0 Å². The maximum Gasteiger partial charge on any atom is 0.122 e. The van der Waals surface area contributed by atoms with Gasteiger partial charge in [0.05, 0.1) is 6.61 Å². The highest BCUT2D eigenvalue weighted by molar-refractivity contribution is 5.39. The second kappa shape index (κ2) is 8.21. The Morgan fingerprint density at radius 2 is 1.95 bits per heavy atom. The summed E-state index contributed by atoms with van der Waals surface area (Å²) in [5, 5.41) is 0. The van der Waals surface area contributed by atoms with Crippen molar-refractivity contribution < 1.29 is 4.74 Å². The number of rotatable bonds is 8. The molecule has 0 aromatic heterocycles. The summed E-state index contributed by atoms with van der Waals surface area (Å²) < 4.78 is 5.83. The lowest BCUT2D eigenvalue weighted by Crippen LogP contribution is -2.14. The van der Waals surface area contributed by atoms with Gasteiger partial charge in [0, 0.05) is 6.04 Å². The van der Waals surface area contributed by atoms with E-state index >= 15 is 0 Å².